The Labute approximate surface area is 98.4 Å². The Morgan fingerprint density at radius 1 is 1.47 bits per heavy atom. The molecule has 98 valence electrons. The predicted molar refractivity (Wildman–Crippen MR) is 58.4 cm³/mol. The van der Waals surface area contributed by atoms with Crippen LogP contribution in [0.2, 0.25) is 0 Å². The van der Waals surface area contributed by atoms with E-state index in [4.69, 9.17) is 10.2 Å². The third kappa shape index (κ3) is 4.05. The van der Waals surface area contributed by atoms with Crippen LogP contribution < -0.4 is 5.73 Å². The van der Waals surface area contributed by atoms with Crippen LogP contribution in [-0.4, -0.2) is 31.2 Å². The first-order valence-corrected chi connectivity index (χ1v) is 5.33. The van der Waals surface area contributed by atoms with E-state index in [0.29, 0.717) is 6.54 Å². The molecule has 2 N–H and O–H groups in total. The van der Waals surface area contributed by atoms with Crippen molar-refractivity contribution in [2.24, 2.45) is 11.7 Å². The number of aryl methyl sites for hydroxylation is 1. The average Bonchev–Trinajstić information content (AvgIpc) is 2.59. The molecule has 0 spiro atoms. The highest BCUT2D eigenvalue weighted by Crippen LogP contribution is 2.26. The van der Waals surface area contributed by atoms with Crippen LogP contribution >= 0.6 is 0 Å². The summed E-state index contributed by atoms with van der Waals surface area (Å²) in [6.07, 6.45) is -2.71. The second-order valence-electron chi connectivity index (χ2n) is 4.17. The maximum Gasteiger partial charge on any atom is 0.394 e. The molecule has 1 atom stereocenters. The molecule has 0 bridgehead atoms. The van der Waals surface area contributed by atoms with Gasteiger partial charge in [-0.15, -0.1) is 0 Å². The van der Waals surface area contributed by atoms with E-state index in [1.54, 1.807) is 24.9 Å². The molecule has 0 saturated heterocycles. The van der Waals surface area contributed by atoms with Crippen molar-refractivity contribution < 1.29 is 17.6 Å². The van der Waals surface area contributed by atoms with E-state index in [9.17, 15) is 13.2 Å². The smallest absolute Gasteiger partial charge is 0.394 e. The third-order valence-corrected chi connectivity index (χ3v) is 2.69. The SMILES string of the molecule is Cc1occc1CN(C)CC(CN)C(F)(F)F. The molecule has 0 radical (unpaired) electrons. The Morgan fingerprint density at radius 3 is 2.53 bits per heavy atom. The molecule has 1 rings (SSSR count). The lowest BCUT2D eigenvalue weighted by atomic mass is 10.1. The van der Waals surface area contributed by atoms with Gasteiger partial charge in [-0.2, -0.15) is 13.2 Å². The summed E-state index contributed by atoms with van der Waals surface area (Å²) >= 11 is 0. The number of alkyl halides is 3. The summed E-state index contributed by atoms with van der Waals surface area (Å²) in [5.74, 6) is -0.757. The van der Waals surface area contributed by atoms with Crippen LogP contribution in [0.1, 0.15) is 11.3 Å². The Kier molecular flexibility index (Phi) is 4.59. The Hall–Kier alpha value is -1.01. The summed E-state index contributed by atoms with van der Waals surface area (Å²) in [5.41, 5.74) is 6.04. The van der Waals surface area contributed by atoms with Crippen LogP contribution in [0.5, 0.6) is 0 Å². The number of rotatable bonds is 5. The van der Waals surface area contributed by atoms with E-state index in [2.05, 4.69) is 0 Å². The highest BCUT2D eigenvalue weighted by atomic mass is 19.4. The van der Waals surface area contributed by atoms with Gasteiger partial charge in [0, 0.05) is 25.2 Å². The first kappa shape index (κ1) is 14.1. The van der Waals surface area contributed by atoms with E-state index < -0.39 is 18.6 Å². The molecule has 0 saturated carbocycles. The fourth-order valence-corrected chi connectivity index (χ4v) is 1.62. The van der Waals surface area contributed by atoms with Crippen LogP contribution in [0, 0.1) is 12.8 Å². The van der Waals surface area contributed by atoms with E-state index >= 15 is 0 Å². The van der Waals surface area contributed by atoms with Crippen molar-refractivity contribution in [1.82, 2.24) is 4.90 Å². The highest BCUT2D eigenvalue weighted by molar-refractivity contribution is 5.14. The molecule has 0 fully saturated rings. The van der Waals surface area contributed by atoms with E-state index in [-0.39, 0.29) is 6.54 Å². The fraction of sp³-hybridized carbons (Fsp3) is 0.636. The lowest BCUT2D eigenvalue weighted by Crippen LogP contribution is -2.39. The quantitative estimate of drug-likeness (QED) is 0.870. The van der Waals surface area contributed by atoms with Gasteiger partial charge in [-0.25, -0.2) is 0 Å². The number of hydrogen-bond donors (Lipinski definition) is 1. The minimum atomic E-state index is -4.24. The van der Waals surface area contributed by atoms with Crippen LogP contribution in [0.4, 0.5) is 13.2 Å². The predicted octanol–water partition coefficient (Wildman–Crippen LogP) is 2.16. The van der Waals surface area contributed by atoms with Crippen LogP contribution in [0.15, 0.2) is 16.7 Å². The second kappa shape index (κ2) is 5.55. The number of nitrogens with two attached hydrogens (primary N) is 1. The lowest BCUT2D eigenvalue weighted by molar-refractivity contribution is -0.175. The molecule has 0 aliphatic carbocycles. The topological polar surface area (TPSA) is 42.4 Å². The van der Waals surface area contributed by atoms with Gasteiger partial charge in [-0.05, 0) is 20.0 Å². The maximum atomic E-state index is 12.5. The molecule has 1 aromatic heterocycles. The summed E-state index contributed by atoms with van der Waals surface area (Å²) in [4.78, 5) is 1.60. The number of hydrogen-bond acceptors (Lipinski definition) is 3. The zero-order chi connectivity index (χ0) is 13.1. The van der Waals surface area contributed by atoms with E-state index in [0.717, 1.165) is 11.3 Å². The van der Waals surface area contributed by atoms with Gasteiger partial charge in [0.05, 0.1) is 12.2 Å². The van der Waals surface area contributed by atoms with Gasteiger partial charge in [0.2, 0.25) is 0 Å². The van der Waals surface area contributed by atoms with Crippen molar-refractivity contribution in [2.75, 3.05) is 20.1 Å². The molecule has 6 heteroatoms. The zero-order valence-electron chi connectivity index (χ0n) is 9.92. The first-order chi connectivity index (χ1) is 7.84. The number of nitrogens with zero attached hydrogens (tertiary/aromatic N) is 1. The Bertz CT molecular complexity index is 349. The molecule has 3 nitrogen and oxygen atoms in total. The molecule has 1 heterocycles. The van der Waals surface area contributed by atoms with Crippen molar-refractivity contribution in [1.29, 1.82) is 0 Å². The summed E-state index contributed by atoms with van der Waals surface area (Å²) in [6.45, 7) is 1.71. The molecule has 0 amide bonds. The largest absolute Gasteiger partial charge is 0.469 e. The summed E-state index contributed by atoms with van der Waals surface area (Å²) in [6, 6.07) is 1.76. The van der Waals surface area contributed by atoms with Gasteiger partial charge in [0.1, 0.15) is 5.76 Å². The maximum absolute atomic E-state index is 12.5. The highest BCUT2D eigenvalue weighted by Gasteiger charge is 2.38. The van der Waals surface area contributed by atoms with Crippen molar-refractivity contribution in [3.63, 3.8) is 0 Å². The standard InChI is InChI=1S/C11H17F3N2O/c1-8-9(3-4-17-8)6-16(2)7-10(5-15)11(12,13)14/h3-4,10H,5-7,15H2,1-2H3. The lowest BCUT2D eigenvalue weighted by Gasteiger charge is -2.24. The molecule has 0 aliphatic heterocycles. The van der Waals surface area contributed by atoms with Gasteiger partial charge < -0.3 is 15.1 Å². The molecule has 0 aliphatic rings. The van der Waals surface area contributed by atoms with E-state index in [1.807, 2.05) is 0 Å². The molecule has 1 aromatic rings. The minimum Gasteiger partial charge on any atom is -0.469 e. The average molecular weight is 250 g/mol. The van der Waals surface area contributed by atoms with Crippen LogP contribution in [-0.2, 0) is 6.54 Å². The summed E-state index contributed by atoms with van der Waals surface area (Å²) < 4.78 is 42.6. The molecule has 0 aromatic carbocycles. The molecule has 17 heavy (non-hydrogen) atoms. The molecular formula is C11H17F3N2O. The van der Waals surface area contributed by atoms with Gasteiger partial charge >= 0.3 is 6.18 Å². The van der Waals surface area contributed by atoms with Gasteiger partial charge in [-0.1, -0.05) is 0 Å². The fourth-order valence-electron chi connectivity index (χ4n) is 1.62. The first-order valence-electron chi connectivity index (χ1n) is 5.33. The van der Waals surface area contributed by atoms with Gasteiger partial charge in [-0.3, -0.25) is 0 Å². The van der Waals surface area contributed by atoms with Crippen molar-refractivity contribution in [3.8, 4) is 0 Å². The summed E-state index contributed by atoms with van der Waals surface area (Å²) in [5, 5.41) is 0. The summed E-state index contributed by atoms with van der Waals surface area (Å²) in [7, 11) is 1.64. The number of furan rings is 1. The Morgan fingerprint density at radius 2 is 2.12 bits per heavy atom. The van der Waals surface area contributed by atoms with Gasteiger partial charge in [0.15, 0.2) is 0 Å². The normalized spacial score (nSPS) is 14.3. The van der Waals surface area contributed by atoms with Crippen LogP contribution in [0.25, 0.3) is 0 Å². The van der Waals surface area contributed by atoms with Crippen molar-refractivity contribution >= 4 is 0 Å². The molecular weight excluding hydrogens is 233 g/mol. The Balaban J connectivity index is 2.54. The van der Waals surface area contributed by atoms with Crippen LogP contribution in [0.3, 0.4) is 0 Å². The second-order valence-corrected chi connectivity index (χ2v) is 4.17. The zero-order valence-corrected chi connectivity index (χ0v) is 9.92. The van der Waals surface area contributed by atoms with Crippen molar-refractivity contribution in [3.05, 3.63) is 23.7 Å². The number of halogens is 3. The van der Waals surface area contributed by atoms with E-state index in [1.165, 1.54) is 6.26 Å². The monoisotopic (exact) mass is 250 g/mol. The van der Waals surface area contributed by atoms with Gasteiger partial charge in [0.25, 0.3) is 0 Å². The minimum absolute atomic E-state index is 0.107. The third-order valence-electron chi connectivity index (χ3n) is 2.69. The molecule has 1 unspecified atom stereocenters. The van der Waals surface area contributed by atoms with Crippen molar-refractivity contribution in [2.45, 2.75) is 19.6 Å².